The first kappa shape index (κ1) is 16.0. The third-order valence-corrected chi connectivity index (χ3v) is 3.45. The third-order valence-electron chi connectivity index (χ3n) is 3.45. The Morgan fingerprint density at radius 2 is 1.89 bits per heavy atom. The molecule has 0 aromatic heterocycles. The summed E-state index contributed by atoms with van der Waals surface area (Å²) < 4.78 is 0. The van der Waals surface area contributed by atoms with Crippen LogP contribution in [0.1, 0.15) is 46.0 Å². The van der Waals surface area contributed by atoms with Gasteiger partial charge in [-0.15, -0.1) is 0 Å². The SMILES string of the molecule is CCCC(=O)NCC(=O)N(CCC)C1CCNCC1. The Hall–Kier alpha value is -1.10. The summed E-state index contributed by atoms with van der Waals surface area (Å²) in [5, 5.41) is 6.03. The smallest absolute Gasteiger partial charge is 0.242 e. The fourth-order valence-electron chi connectivity index (χ4n) is 2.46. The Labute approximate surface area is 116 Å². The average Bonchev–Trinajstić information content (AvgIpc) is 2.43. The number of hydrogen-bond acceptors (Lipinski definition) is 3. The largest absolute Gasteiger partial charge is 0.347 e. The summed E-state index contributed by atoms with van der Waals surface area (Å²) in [6, 6.07) is 0.330. The van der Waals surface area contributed by atoms with Crippen LogP contribution in [0.15, 0.2) is 0 Å². The van der Waals surface area contributed by atoms with E-state index in [1.165, 1.54) is 0 Å². The fourth-order valence-corrected chi connectivity index (χ4v) is 2.46. The highest BCUT2D eigenvalue weighted by Crippen LogP contribution is 2.12. The number of carbonyl (C=O) groups is 2. The molecule has 0 aromatic rings. The Morgan fingerprint density at radius 3 is 2.47 bits per heavy atom. The van der Waals surface area contributed by atoms with E-state index in [9.17, 15) is 9.59 Å². The van der Waals surface area contributed by atoms with Gasteiger partial charge in [-0.2, -0.15) is 0 Å². The maximum atomic E-state index is 12.2. The second-order valence-electron chi connectivity index (χ2n) is 5.10. The lowest BCUT2D eigenvalue weighted by atomic mass is 10.0. The molecule has 1 rings (SSSR count). The molecule has 110 valence electrons. The molecule has 1 fully saturated rings. The molecule has 0 aromatic carbocycles. The Kier molecular flexibility index (Phi) is 7.48. The number of nitrogens with one attached hydrogen (secondary N) is 2. The van der Waals surface area contributed by atoms with E-state index in [0.29, 0.717) is 12.5 Å². The van der Waals surface area contributed by atoms with Gasteiger partial charge >= 0.3 is 0 Å². The van der Waals surface area contributed by atoms with Crippen molar-refractivity contribution in [3.8, 4) is 0 Å². The van der Waals surface area contributed by atoms with Crippen LogP contribution >= 0.6 is 0 Å². The Balaban J connectivity index is 2.45. The zero-order chi connectivity index (χ0) is 14.1. The summed E-state index contributed by atoms with van der Waals surface area (Å²) in [7, 11) is 0. The standard InChI is InChI=1S/C14H27N3O2/c1-3-5-13(18)16-11-14(19)17(10-4-2)12-6-8-15-9-7-12/h12,15H,3-11H2,1-2H3,(H,16,18). The summed E-state index contributed by atoms with van der Waals surface area (Å²) in [5.41, 5.74) is 0. The minimum absolute atomic E-state index is 0.0300. The van der Waals surface area contributed by atoms with Crippen LogP contribution in [0.3, 0.4) is 0 Å². The van der Waals surface area contributed by atoms with Gasteiger partial charge in [0.1, 0.15) is 0 Å². The summed E-state index contributed by atoms with van der Waals surface area (Å²) in [4.78, 5) is 25.6. The Bertz CT molecular complexity index is 288. The molecular formula is C14H27N3O2. The van der Waals surface area contributed by atoms with Crippen LogP contribution in [0, 0.1) is 0 Å². The summed E-state index contributed by atoms with van der Waals surface area (Å²) in [6.07, 6.45) is 4.28. The van der Waals surface area contributed by atoms with E-state index in [1.807, 2.05) is 11.8 Å². The molecule has 19 heavy (non-hydrogen) atoms. The lowest BCUT2D eigenvalue weighted by Crippen LogP contribution is -2.49. The van der Waals surface area contributed by atoms with Gasteiger partial charge in [0.2, 0.25) is 11.8 Å². The van der Waals surface area contributed by atoms with Gasteiger partial charge in [0.25, 0.3) is 0 Å². The van der Waals surface area contributed by atoms with Gasteiger partial charge in [-0.1, -0.05) is 13.8 Å². The molecule has 0 radical (unpaired) electrons. The van der Waals surface area contributed by atoms with Gasteiger partial charge in [-0.05, 0) is 38.8 Å². The van der Waals surface area contributed by atoms with Crippen LogP contribution in [0.2, 0.25) is 0 Å². The van der Waals surface area contributed by atoms with Gasteiger partial charge in [0.05, 0.1) is 6.54 Å². The van der Waals surface area contributed by atoms with Crippen molar-refractivity contribution >= 4 is 11.8 Å². The van der Waals surface area contributed by atoms with Crippen molar-refractivity contribution in [3.05, 3.63) is 0 Å². The molecule has 0 atom stereocenters. The molecule has 1 aliphatic rings. The van der Waals surface area contributed by atoms with Gasteiger partial charge in [-0.25, -0.2) is 0 Å². The van der Waals surface area contributed by atoms with Gasteiger partial charge in [0.15, 0.2) is 0 Å². The molecule has 5 nitrogen and oxygen atoms in total. The van der Waals surface area contributed by atoms with Crippen LogP contribution in [-0.4, -0.2) is 48.9 Å². The van der Waals surface area contributed by atoms with Crippen molar-refractivity contribution in [3.63, 3.8) is 0 Å². The Morgan fingerprint density at radius 1 is 1.21 bits per heavy atom. The van der Waals surface area contributed by atoms with Gasteiger partial charge in [-0.3, -0.25) is 9.59 Å². The molecule has 2 amide bonds. The monoisotopic (exact) mass is 269 g/mol. The predicted octanol–water partition coefficient (Wildman–Crippen LogP) is 0.893. The molecule has 0 spiro atoms. The van der Waals surface area contributed by atoms with Crippen molar-refractivity contribution in [1.29, 1.82) is 0 Å². The first-order chi connectivity index (χ1) is 9.19. The lowest BCUT2D eigenvalue weighted by Gasteiger charge is -2.34. The molecule has 0 unspecified atom stereocenters. The van der Waals surface area contributed by atoms with E-state index in [1.54, 1.807) is 0 Å². The van der Waals surface area contributed by atoms with Gasteiger partial charge in [0, 0.05) is 19.0 Å². The normalized spacial score (nSPS) is 16.1. The number of nitrogens with zero attached hydrogens (tertiary/aromatic N) is 1. The average molecular weight is 269 g/mol. The summed E-state index contributed by atoms with van der Waals surface area (Å²) in [5.74, 6) is 0.0239. The fraction of sp³-hybridized carbons (Fsp3) is 0.857. The maximum absolute atomic E-state index is 12.2. The minimum Gasteiger partial charge on any atom is -0.347 e. The number of hydrogen-bond donors (Lipinski definition) is 2. The second kappa shape index (κ2) is 8.91. The molecule has 2 N–H and O–H groups in total. The van der Waals surface area contributed by atoms with E-state index in [2.05, 4.69) is 17.6 Å². The molecule has 0 bridgehead atoms. The van der Waals surface area contributed by atoms with Crippen molar-refractivity contribution in [2.24, 2.45) is 0 Å². The van der Waals surface area contributed by atoms with Gasteiger partial charge < -0.3 is 15.5 Å². The zero-order valence-electron chi connectivity index (χ0n) is 12.2. The van der Waals surface area contributed by atoms with Crippen LogP contribution in [-0.2, 0) is 9.59 Å². The summed E-state index contributed by atoms with van der Waals surface area (Å²) >= 11 is 0. The van der Waals surface area contributed by atoms with Crippen LogP contribution in [0.4, 0.5) is 0 Å². The molecule has 1 saturated heterocycles. The molecule has 0 aliphatic carbocycles. The van der Waals surface area contributed by atoms with E-state index in [0.717, 1.165) is 45.3 Å². The van der Waals surface area contributed by atoms with Crippen molar-refractivity contribution in [1.82, 2.24) is 15.5 Å². The highest BCUT2D eigenvalue weighted by Gasteiger charge is 2.24. The van der Waals surface area contributed by atoms with Crippen molar-refractivity contribution < 1.29 is 9.59 Å². The topological polar surface area (TPSA) is 61.4 Å². The quantitative estimate of drug-likeness (QED) is 0.721. The second-order valence-corrected chi connectivity index (χ2v) is 5.10. The highest BCUT2D eigenvalue weighted by molar-refractivity contribution is 5.84. The van der Waals surface area contributed by atoms with Crippen LogP contribution < -0.4 is 10.6 Å². The number of piperidine rings is 1. The maximum Gasteiger partial charge on any atom is 0.242 e. The van der Waals surface area contributed by atoms with Crippen LogP contribution in [0.5, 0.6) is 0 Å². The minimum atomic E-state index is -0.0300. The van der Waals surface area contributed by atoms with E-state index in [-0.39, 0.29) is 18.4 Å². The first-order valence-electron chi connectivity index (χ1n) is 7.45. The molecule has 0 saturated carbocycles. The van der Waals surface area contributed by atoms with E-state index in [4.69, 9.17) is 0 Å². The first-order valence-corrected chi connectivity index (χ1v) is 7.45. The molecular weight excluding hydrogens is 242 g/mol. The number of amides is 2. The zero-order valence-corrected chi connectivity index (χ0v) is 12.2. The van der Waals surface area contributed by atoms with E-state index < -0.39 is 0 Å². The number of rotatable bonds is 7. The number of carbonyl (C=O) groups excluding carboxylic acids is 2. The van der Waals surface area contributed by atoms with Crippen LogP contribution in [0.25, 0.3) is 0 Å². The lowest BCUT2D eigenvalue weighted by molar-refractivity contribution is -0.135. The molecule has 5 heteroatoms. The predicted molar refractivity (Wildman–Crippen MR) is 75.8 cm³/mol. The van der Waals surface area contributed by atoms with Crippen molar-refractivity contribution in [2.45, 2.75) is 52.0 Å². The summed E-state index contributed by atoms with van der Waals surface area (Å²) in [6.45, 7) is 6.91. The van der Waals surface area contributed by atoms with Crippen molar-refractivity contribution in [2.75, 3.05) is 26.2 Å². The molecule has 1 aliphatic heterocycles. The highest BCUT2D eigenvalue weighted by atomic mass is 16.2. The third kappa shape index (κ3) is 5.59. The molecule has 1 heterocycles. The van der Waals surface area contributed by atoms with E-state index >= 15 is 0 Å².